The second-order valence-electron chi connectivity index (χ2n) is 5.69. The van der Waals surface area contributed by atoms with Crippen LogP contribution in [-0.2, 0) is 11.3 Å². The van der Waals surface area contributed by atoms with E-state index in [-0.39, 0.29) is 0 Å². The van der Waals surface area contributed by atoms with Crippen molar-refractivity contribution in [3.63, 3.8) is 0 Å². The molecule has 0 amide bonds. The van der Waals surface area contributed by atoms with Gasteiger partial charge >= 0.3 is 0 Å². The fourth-order valence-electron chi connectivity index (χ4n) is 2.63. The van der Waals surface area contributed by atoms with Crippen LogP contribution in [0, 0.1) is 0 Å². The summed E-state index contributed by atoms with van der Waals surface area (Å²) in [6.45, 7) is 9.29. The molecule has 102 valence electrons. The van der Waals surface area contributed by atoms with Crippen molar-refractivity contribution in [1.29, 1.82) is 0 Å². The Balaban J connectivity index is 1.80. The van der Waals surface area contributed by atoms with Gasteiger partial charge in [0.25, 0.3) is 0 Å². The molecule has 0 aliphatic carbocycles. The second kappa shape index (κ2) is 5.35. The van der Waals surface area contributed by atoms with E-state index in [1.807, 2.05) is 0 Å². The molecule has 0 unspecified atom stereocenters. The van der Waals surface area contributed by atoms with Crippen molar-refractivity contribution in [2.24, 2.45) is 0 Å². The van der Waals surface area contributed by atoms with Crippen molar-refractivity contribution in [1.82, 2.24) is 9.88 Å². The van der Waals surface area contributed by atoms with Gasteiger partial charge < -0.3 is 9.72 Å². The molecule has 0 spiro atoms. The molecule has 0 bridgehead atoms. The predicted molar refractivity (Wildman–Crippen MR) is 78.5 cm³/mol. The molecule has 0 saturated carbocycles. The van der Waals surface area contributed by atoms with Crippen molar-refractivity contribution in [3.05, 3.63) is 35.5 Å². The smallest absolute Gasteiger partial charge is 0.0594 e. The van der Waals surface area contributed by atoms with Crippen LogP contribution in [0.3, 0.4) is 0 Å². The quantitative estimate of drug-likeness (QED) is 0.916. The lowest BCUT2D eigenvalue weighted by molar-refractivity contribution is 0.0342. The summed E-state index contributed by atoms with van der Waals surface area (Å²) >= 11 is 0. The Morgan fingerprint density at radius 3 is 2.74 bits per heavy atom. The fraction of sp³-hybridized carbons (Fsp3) is 0.500. The van der Waals surface area contributed by atoms with E-state index in [9.17, 15) is 0 Å². The zero-order valence-corrected chi connectivity index (χ0v) is 11.8. The van der Waals surface area contributed by atoms with Crippen molar-refractivity contribution in [3.8, 4) is 0 Å². The lowest BCUT2D eigenvalue weighted by Gasteiger charge is -2.26. The summed E-state index contributed by atoms with van der Waals surface area (Å²) in [6, 6.07) is 9.03. The highest BCUT2D eigenvalue weighted by atomic mass is 16.5. The zero-order valence-electron chi connectivity index (χ0n) is 11.8. The summed E-state index contributed by atoms with van der Waals surface area (Å²) in [6.07, 6.45) is 0. The van der Waals surface area contributed by atoms with Crippen LogP contribution in [-0.4, -0.2) is 36.2 Å². The van der Waals surface area contributed by atoms with Gasteiger partial charge in [0.05, 0.1) is 13.2 Å². The van der Waals surface area contributed by atoms with Crippen LogP contribution >= 0.6 is 0 Å². The molecule has 1 N–H and O–H groups in total. The number of H-pyrrole nitrogens is 1. The van der Waals surface area contributed by atoms with E-state index in [2.05, 4.69) is 48.0 Å². The second-order valence-corrected chi connectivity index (χ2v) is 5.69. The van der Waals surface area contributed by atoms with Gasteiger partial charge in [0, 0.05) is 30.8 Å². The minimum Gasteiger partial charge on any atom is -0.379 e. The van der Waals surface area contributed by atoms with E-state index < -0.39 is 0 Å². The number of aromatic amines is 1. The number of nitrogens with zero attached hydrogens (tertiary/aromatic N) is 1. The molecule has 1 aliphatic heterocycles. The van der Waals surface area contributed by atoms with E-state index in [1.165, 1.54) is 22.2 Å². The number of hydrogen-bond acceptors (Lipinski definition) is 2. The number of fused-ring (bicyclic) bond motifs is 1. The molecule has 1 fully saturated rings. The third-order valence-corrected chi connectivity index (χ3v) is 3.84. The monoisotopic (exact) mass is 258 g/mol. The highest BCUT2D eigenvalue weighted by Gasteiger charge is 2.11. The van der Waals surface area contributed by atoms with Crippen LogP contribution in [0.25, 0.3) is 10.9 Å². The molecule has 2 heterocycles. The minimum atomic E-state index is 0.551. The summed E-state index contributed by atoms with van der Waals surface area (Å²) in [5, 5.41) is 1.33. The fourth-order valence-corrected chi connectivity index (χ4v) is 2.63. The van der Waals surface area contributed by atoms with Crippen molar-refractivity contribution in [2.75, 3.05) is 26.3 Å². The summed E-state index contributed by atoms with van der Waals surface area (Å²) in [7, 11) is 0. The maximum absolute atomic E-state index is 5.39. The van der Waals surface area contributed by atoms with E-state index in [0.717, 1.165) is 32.8 Å². The van der Waals surface area contributed by atoms with E-state index in [4.69, 9.17) is 4.74 Å². The van der Waals surface area contributed by atoms with E-state index in [0.29, 0.717) is 5.92 Å². The van der Waals surface area contributed by atoms with Gasteiger partial charge in [-0.15, -0.1) is 0 Å². The van der Waals surface area contributed by atoms with Gasteiger partial charge in [0.15, 0.2) is 0 Å². The number of hydrogen-bond donors (Lipinski definition) is 1. The van der Waals surface area contributed by atoms with Crippen LogP contribution < -0.4 is 0 Å². The SMILES string of the molecule is CC(C)c1cc2cc(CN3CCOCC3)ccc2[nH]1. The van der Waals surface area contributed by atoms with Crippen LogP contribution in [0.2, 0.25) is 0 Å². The lowest BCUT2D eigenvalue weighted by Crippen LogP contribution is -2.35. The van der Waals surface area contributed by atoms with Gasteiger partial charge in [-0.2, -0.15) is 0 Å². The molecule has 0 radical (unpaired) electrons. The van der Waals surface area contributed by atoms with Crippen LogP contribution in [0.4, 0.5) is 0 Å². The molecule has 3 rings (SSSR count). The van der Waals surface area contributed by atoms with Crippen molar-refractivity contribution < 1.29 is 4.74 Å². The van der Waals surface area contributed by atoms with Crippen LogP contribution in [0.15, 0.2) is 24.3 Å². The normalized spacial score (nSPS) is 17.4. The Morgan fingerprint density at radius 1 is 1.21 bits per heavy atom. The Bertz CT molecular complexity index is 553. The summed E-state index contributed by atoms with van der Waals surface area (Å²) < 4.78 is 5.39. The topological polar surface area (TPSA) is 28.3 Å². The number of ether oxygens (including phenoxy) is 1. The Morgan fingerprint density at radius 2 is 2.00 bits per heavy atom. The third kappa shape index (κ3) is 2.82. The number of aromatic nitrogens is 1. The first kappa shape index (κ1) is 12.7. The summed E-state index contributed by atoms with van der Waals surface area (Å²) in [5.74, 6) is 0.551. The maximum Gasteiger partial charge on any atom is 0.0594 e. The van der Waals surface area contributed by atoms with E-state index >= 15 is 0 Å². The highest BCUT2D eigenvalue weighted by molar-refractivity contribution is 5.81. The number of morpholine rings is 1. The molecule has 1 aromatic carbocycles. The molecule has 2 aromatic rings. The van der Waals surface area contributed by atoms with Crippen molar-refractivity contribution in [2.45, 2.75) is 26.3 Å². The molecule has 0 atom stereocenters. The van der Waals surface area contributed by atoms with Crippen LogP contribution in [0.5, 0.6) is 0 Å². The number of rotatable bonds is 3. The Hall–Kier alpha value is -1.32. The van der Waals surface area contributed by atoms with Crippen LogP contribution in [0.1, 0.15) is 31.0 Å². The zero-order chi connectivity index (χ0) is 13.2. The Kier molecular flexibility index (Phi) is 3.58. The molecule has 1 saturated heterocycles. The van der Waals surface area contributed by atoms with Gasteiger partial charge in [-0.25, -0.2) is 0 Å². The van der Waals surface area contributed by atoms with Crippen molar-refractivity contribution >= 4 is 10.9 Å². The highest BCUT2D eigenvalue weighted by Crippen LogP contribution is 2.22. The largest absolute Gasteiger partial charge is 0.379 e. The van der Waals surface area contributed by atoms with Gasteiger partial charge in [-0.1, -0.05) is 19.9 Å². The lowest BCUT2D eigenvalue weighted by atomic mass is 10.1. The van der Waals surface area contributed by atoms with E-state index in [1.54, 1.807) is 0 Å². The minimum absolute atomic E-state index is 0.551. The molecule has 19 heavy (non-hydrogen) atoms. The molecule has 3 heteroatoms. The summed E-state index contributed by atoms with van der Waals surface area (Å²) in [4.78, 5) is 5.95. The number of nitrogens with one attached hydrogen (secondary N) is 1. The third-order valence-electron chi connectivity index (χ3n) is 3.84. The first-order chi connectivity index (χ1) is 9.22. The van der Waals surface area contributed by atoms with Gasteiger partial charge in [0.1, 0.15) is 0 Å². The summed E-state index contributed by atoms with van der Waals surface area (Å²) in [5.41, 5.74) is 3.96. The maximum atomic E-state index is 5.39. The average molecular weight is 258 g/mol. The molecular formula is C16H22N2O. The molecular weight excluding hydrogens is 236 g/mol. The van der Waals surface area contributed by atoms with Gasteiger partial charge in [0.2, 0.25) is 0 Å². The Labute approximate surface area is 114 Å². The van der Waals surface area contributed by atoms with Gasteiger partial charge in [-0.3, -0.25) is 4.90 Å². The molecule has 1 aliphatic rings. The average Bonchev–Trinajstić information content (AvgIpc) is 2.83. The molecule has 1 aromatic heterocycles. The van der Waals surface area contributed by atoms with Gasteiger partial charge in [-0.05, 0) is 35.1 Å². The first-order valence-electron chi connectivity index (χ1n) is 7.14. The first-order valence-corrected chi connectivity index (χ1v) is 7.14. The molecule has 3 nitrogen and oxygen atoms in total. The predicted octanol–water partition coefficient (Wildman–Crippen LogP) is 3.12. The standard InChI is InChI=1S/C16H22N2O/c1-12(2)16-10-14-9-13(3-4-15(14)17-16)11-18-5-7-19-8-6-18/h3-4,9-10,12,17H,5-8,11H2,1-2H3. The number of benzene rings is 1.